The average Bonchev–Trinajstić information content (AvgIpc) is 2.81. The highest BCUT2D eigenvalue weighted by atomic mass is 16.5. The highest BCUT2D eigenvalue weighted by molar-refractivity contribution is 5.97. The Morgan fingerprint density at radius 3 is 2.44 bits per heavy atom. The van der Waals surface area contributed by atoms with Gasteiger partial charge in [0.05, 0.1) is 18.5 Å². The molecule has 32 heavy (non-hydrogen) atoms. The van der Waals surface area contributed by atoms with E-state index in [1.807, 2.05) is 44.3 Å². The second-order valence-corrected chi connectivity index (χ2v) is 8.48. The fourth-order valence-corrected chi connectivity index (χ4v) is 4.16. The highest BCUT2D eigenvalue weighted by Crippen LogP contribution is 2.29. The van der Waals surface area contributed by atoms with Crippen molar-refractivity contribution in [3.8, 4) is 11.1 Å². The first-order valence-corrected chi connectivity index (χ1v) is 11.0. The maximum absolute atomic E-state index is 12.3. The van der Waals surface area contributed by atoms with Crippen LogP contribution in [0.4, 0.5) is 5.69 Å². The molecule has 0 aliphatic carbocycles. The third kappa shape index (κ3) is 5.66. The number of nitrogens with one attached hydrogen (secondary N) is 2. The molecule has 1 fully saturated rings. The van der Waals surface area contributed by atoms with E-state index in [0.29, 0.717) is 22.9 Å². The normalized spacial score (nSPS) is 14.2. The van der Waals surface area contributed by atoms with Crippen LogP contribution in [0.3, 0.4) is 0 Å². The molecule has 2 aromatic rings. The summed E-state index contributed by atoms with van der Waals surface area (Å²) in [6.45, 7) is 4.65. The molecule has 0 bridgehead atoms. The Balaban J connectivity index is 1.78. The Kier molecular flexibility index (Phi) is 7.51. The van der Waals surface area contributed by atoms with Gasteiger partial charge in [-0.05, 0) is 67.5 Å². The number of rotatable bonds is 7. The minimum Gasteiger partial charge on any atom is -0.465 e. The first kappa shape index (κ1) is 23.3. The average molecular weight is 436 g/mol. The lowest BCUT2D eigenvalue weighted by Crippen LogP contribution is -2.37. The summed E-state index contributed by atoms with van der Waals surface area (Å²) in [6, 6.07) is 13.2. The minimum absolute atomic E-state index is 0.0116. The van der Waals surface area contributed by atoms with Crippen LogP contribution in [0.15, 0.2) is 42.5 Å². The predicted octanol–water partition coefficient (Wildman–Crippen LogP) is 3.96. The van der Waals surface area contributed by atoms with E-state index >= 15 is 0 Å². The number of ether oxygens (including phenoxy) is 1. The SMILES string of the molecule is COC(=O)c1cc(-c2cccc(C(=N)N)c2)cc(N(C)CCC2CCN(C(C)=N)CC2)c1. The number of nitrogens with two attached hydrogens (primary N) is 1. The third-order valence-corrected chi connectivity index (χ3v) is 6.25. The van der Waals surface area contributed by atoms with Gasteiger partial charge in [-0.2, -0.15) is 0 Å². The standard InChI is InChI=1S/C25H33N5O2/c1-17(26)30-11-8-18(9-12-30)7-10-29(2)23-15-21(14-22(16-23)25(31)32-3)19-5-4-6-20(13-19)24(27)28/h4-6,13-16,18,26H,7-12H2,1-3H3,(H3,27,28). The van der Waals surface area contributed by atoms with Crippen LogP contribution in [-0.4, -0.2) is 56.3 Å². The molecule has 4 N–H and O–H groups in total. The largest absolute Gasteiger partial charge is 0.465 e. The fourth-order valence-electron chi connectivity index (χ4n) is 4.16. The van der Waals surface area contributed by atoms with Crippen molar-refractivity contribution in [2.75, 3.05) is 38.7 Å². The predicted molar refractivity (Wildman–Crippen MR) is 130 cm³/mol. The molecular weight excluding hydrogens is 402 g/mol. The molecular formula is C25H33N5O2. The first-order chi connectivity index (χ1) is 15.3. The maximum atomic E-state index is 12.3. The van der Waals surface area contributed by atoms with Crippen LogP contribution < -0.4 is 10.6 Å². The van der Waals surface area contributed by atoms with Crippen LogP contribution in [0.5, 0.6) is 0 Å². The van der Waals surface area contributed by atoms with E-state index in [1.165, 1.54) is 7.11 Å². The summed E-state index contributed by atoms with van der Waals surface area (Å²) in [6.07, 6.45) is 3.28. The van der Waals surface area contributed by atoms with Gasteiger partial charge in [-0.1, -0.05) is 18.2 Å². The lowest BCUT2D eigenvalue weighted by Gasteiger charge is -2.33. The number of benzene rings is 2. The van der Waals surface area contributed by atoms with Crippen molar-refractivity contribution >= 4 is 23.3 Å². The van der Waals surface area contributed by atoms with Crippen LogP contribution in [-0.2, 0) is 4.74 Å². The monoisotopic (exact) mass is 435 g/mol. The lowest BCUT2D eigenvalue weighted by atomic mass is 9.93. The molecule has 7 nitrogen and oxygen atoms in total. The summed E-state index contributed by atoms with van der Waals surface area (Å²) in [4.78, 5) is 16.6. The van der Waals surface area contributed by atoms with Gasteiger partial charge >= 0.3 is 5.97 Å². The number of esters is 1. The Morgan fingerprint density at radius 1 is 1.12 bits per heavy atom. The van der Waals surface area contributed by atoms with Gasteiger partial charge in [0, 0.05) is 37.9 Å². The van der Waals surface area contributed by atoms with Gasteiger partial charge in [0.1, 0.15) is 5.84 Å². The molecule has 0 amide bonds. The van der Waals surface area contributed by atoms with Crippen molar-refractivity contribution in [3.05, 3.63) is 53.6 Å². The number of piperidine rings is 1. The number of carbonyl (C=O) groups is 1. The number of anilines is 1. The number of hydrogen-bond donors (Lipinski definition) is 3. The number of nitrogens with zero attached hydrogens (tertiary/aromatic N) is 2. The van der Waals surface area contributed by atoms with Crippen molar-refractivity contribution in [2.45, 2.75) is 26.2 Å². The van der Waals surface area contributed by atoms with Crippen molar-refractivity contribution in [2.24, 2.45) is 11.7 Å². The van der Waals surface area contributed by atoms with Crippen molar-refractivity contribution in [1.29, 1.82) is 10.8 Å². The van der Waals surface area contributed by atoms with Crippen LogP contribution in [0.25, 0.3) is 11.1 Å². The first-order valence-electron chi connectivity index (χ1n) is 11.0. The molecule has 1 heterocycles. The van der Waals surface area contributed by atoms with E-state index in [-0.39, 0.29) is 11.8 Å². The number of amidine groups is 2. The van der Waals surface area contributed by atoms with Gasteiger partial charge in [-0.25, -0.2) is 4.79 Å². The third-order valence-electron chi connectivity index (χ3n) is 6.25. The highest BCUT2D eigenvalue weighted by Gasteiger charge is 2.20. The van der Waals surface area contributed by atoms with Crippen molar-refractivity contribution < 1.29 is 9.53 Å². The summed E-state index contributed by atoms with van der Waals surface area (Å²) < 4.78 is 4.97. The number of hydrogen-bond acceptors (Lipinski definition) is 5. The number of nitrogen functional groups attached to an aromatic ring is 1. The lowest BCUT2D eigenvalue weighted by molar-refractivity contribution is 0.0601. The van der Waals surface area contributed by atoms with Crippen LogP contribution in [0, 0.1) is 16.7 Å². The van der Waals surface area contributed by atoms with Gasteiger partial charge in [0.25, 0.3) is 0 Å². The van der Waals surface area contributed by atoms with E-state index in [0.717, 1.165) is 55.7 Å². The summed E-state index contributed by atoms with van der Waals surface area (Å²) in [5, 5.41) is 15.5. The van der Waals surface area contributed by atoms with Crippen molar-refractivity contribution in [3.63, 3.8) is 0 Å². The molecule has 7 heteroatoms. The molecule has 0 atom stereocenters. The van der Waals surface area contributed by atoms with Gasteiger partial charge in [0.2, 0.25) is 0 Å². The van der Waals surface area contributed by atoms with E-state index in [2.05, 4.69) is 15.9 Å². The van der Waals surface area contributed by atoms with Crippen LogP contribution >= 0.6 is 0 Å². The topological polar surface area (TPSA) is 106 Å². The Bertz CT molecular complexity index is 996. The zero-order valence-corrected chi connectivity index (χ0v) is 19.1. The smallest absolute Gasteiger partial charge is 0.337 e. The number of likely N-dealkylation sites (tertiary alicyclic amines) is 1. The minimum atomic E-state index is -0.376. The van der Waals surface area contributed by atoms with Gasteiger partial charge in [-0.15, -0.1) is 0 Å². The summed E-state index contributed by atoms with van der Waals surface area (Å²) in [5.74, 6) is 0.932. The molecule has 0 saturated carbocycles. The molecule has 0 aromatic heterocycles. The Morgan fingerprint density at radius 2 is 1.81 bits per heavy atom. The van der Waals surface area contributed by atoms with Gasteiger partial charge < -0.3 is 20.3 Å². The van der Waals surface area contributed by atoms with E-state index in [9.17, 15) is 4.79 Å². The molecule has 2 aromatic carbocycles. The molecule has 0 spiro atoms. The number of carbonyl (C=O) groups excluding carboxylic acids is 1. The Labute approximate surface area is 190 Å². The quantitative estimate of drug-likeness (QED) is 0.347. The van der Waals surface area contributed by atoms with E-state index < -0.39 is 0 Å². The summed E-state index contributed by atoms with van der Waals surface area (Å²) >= 11 is 0. The molecule has 0 radical (unpaired) electrons. The molecule has 3 rings (SSSR count). The molecule has 1 saturated heterocycles. The Hall–Kier alpha value is -3.35. The summed E-state index contributed by atoms with van der Waals surface area (Å²) in [5.41, 5.74) is 9.53. The summed E-state index contributed by atoms with van der Waals surface area (Å²) in [7, 11) is 3.43. The molecule has 170 valence electrons. The van der Waals surface area contributed by atoms with Gasteiger partial charge in [0.15, 0.2) is 0 Å². The zero-order chi connectivity index (χ0) is 23.3. The maximum Gasteiger partial charge on any atom is 0.337 e. The van der Waals surface area contributed by atoms with E-state index in [4.69, 9.17) is 21.3 Å². The van der Waals surface area contributed by atoms with Gasteiger partial charge in [-0.3, -0.25) is 10.8 Å². The molecule has 1 aliphatic rings. The molecule has 0 unspecified atom stereocenters. The zero-order valence-electron chi connectivity index (χ0n) is 19.1. The van der Waals surface area contributed by atoms with Crippen molar-refractivity contribution in [1.82, 2.24) is 4.90 Å². The van der Waals surface area contributed by atoms with E-state index in [1.54, 1.807) is 6.07 Å². The fraction of sp³-hybridized carbons (Fsp3) is 0.400. The second kappa shape index (κ2) is 10.3. The van der Waals surface area contributed by atoms with Crippen LogP contribution in [0.2, 0.25) is 0 Å². The van der Waals surface area contributed by atoms with Crippen LogP contribution in [0.1, 0.15) is 42.1 Å². The number of methoxy groups -OCH3 is 1. The molecule has 1 aliphatic heterocycles. The second-order valence-electron chi connectivity index (χ2n) is 8.48.